The predicted molar refractivity (Wildman–Crippen MR) is 80.3 cm³/mol. The second-order valence-corrected chi connectivity index (χ2v) is 8.01. The summed E-state index contributed by atoms with van der Waals surface area (Å²) < 4.78 is 0. The van der Waals surface area contributed by atoms with Gasteiger partial charge in [0.05, 0.1) is 10.9 Å². The van der Waals surface area contributed by atoms with Crippen LogP contribution < -0.4 is 5.32 Å². The molecule has 1 N–H and O–H groups in total. The van der Waals surface area contributed by atoms with Crippen molar-refractivity contribution in [2.45, 2.75) is 68.3 Å². The molecule has 2 amide bonds. The molecule has 0 aromatic heterocycles. The van der Waals surface area contributed by atoms with Gasteiger partial charge in [0.25, 0.3) is 0 Å². The normalized spacial score (nSPS) is 34.4. The highest BCUT2D eigenvalue weighted by Gasteiger charge is 2.53. The van der Waals surface area contributed by atoms with Gasteiger partial charge in [0.1, 0.15) is 11.6 Å². The van der Waals surface area contributed by atoms with E-state index < -0.39 is 11.6 Å². The van der Waals surface area contributed by atoms with Crippen LogP contribution in [0, 0.1) is 11.3 Å². The summed E-state index contributed by atoms with van der Waals surface area (Å²) in [5, 5.41) is 12.4. The number of hydrogen-bond acceptors (Lipinski definition) is 4. The Morgan fingerprint density at radius 2 is 2.10 bits per heavy atom. The smallest absolute Gasteiger partial charge is 0.244 e. The lowest BCUT2D eigenvalue weighted by atomic mass is 9.82. The van der Waals surface area contributed by atoms with Crippen molar-refractivity contribution >= 4 is 23.6 Å². The third kappa shape index (κ3) is 2.42. The van der Waals surface area contributed by atoms with E-state index in [0.717, 1.165) is 38.5 Å². The molecule has 2 aliphatic heterocycles. The van der Waals surface area contributed by atoms with E-state index in [9.17, 15) is 14.9 Å². The molecule has 0 unspecified atom stereocenters. The Morgan fingerprint density at radius 1 is 1.38 bits per heavy atom. The summed E-state index contributed by atoms with van der Waals surface area (Å²) in [6.45, 7) is 2.04. The summed E-state index contributed by atoms with van der Waals surface area (Å²) >= 11 is 1.69. The number of thioether (sulfide) groups is 1. The third-order valence-corrected chi connectivity index (χ3v) is 6.54. The summed E-state index contributed by atoms with van der Waals surface area (Å²) in [6.07, 6.45) is 5.86. The van der Waals surface area contributed by atoms with Crippen LogP contribution in [0.25, 0.3) is 0 Å². The van der Waals surface area contributed by atoms with Gasteiger partial charge in [-0.05, 0) is 26.2 Å². The number of amides is 2. The van der Waals surface area contributed by atoms with Crippen LogP contribution in [0.2, 0.25) is 0 Å². The second kappa shape index (κ2) is 5.20. The molecule has 3 rings (SSSR count). The largest absolute Gasteiger partial charge is 0.336 e. The molecule has 0 spiro atoms. The molecule has 1 aliphatic carbocycles. The molecular formula is C15H21N3O2S. The lowest BCUT2D eigenvalue weighted by Gasteiger charge is -2.35. The standard InChI is InChI=1S/C15H21N3O2S/c1-14-8-5-12(19)18(14)11(9-21-14)13(20)17-15(10-16)6-3-2-4-7-15/h11H,2-9H2,1H3,(H,17,20)/t11-,14-/m1/s1. The summed E-state index contributed by atoms with van der Waals surface area (Å²) in [5.41, 5.74) is -0.720. The minimum Gasteiger partial charge on any atom is -0.336 e. The first-order valence-corrected chi connectivity index (χ1v) is 8.68. The van der Waals surface area contributed by atoms with Crippen LogP contribution >= 0.6 is 11.8 Å². The van der Waals surface area contributed by atoms with Gasteiger partial charge in [-0.2, -0.15) is 5.26 Å². The lowest BCUT2D eigenvalue weighted by Crippen LogP contribution is -2.56. The van der Waals surface area contributed by atoms with E-state index >= 15 is 0 Å². The quantitative estimate of drug-likeness (QED) is 0.844. The molecule has 2 atom stereocenters. The average molecular weight is 307 g/mol. The maximum absolute atomic E-state index is 12.6. The molecule has 3 aliphatic rings. The van der Waals surface area contributed by atoms with E-state index in [1.165, 1.54) is 0 Å². The Hall–Kier alpha value is -1.22. The Bertz CT molecular complexity index is 510. The monoisotopic (exact) mass is 307 g/mol. The first kappa shape index (κ1) is 14.7. The van der Waals surface area contributed by atoms with Gasteiger partial charge >= 0.3 is 0 Å². The van der Waals surface area contributed by atoms with Crippen LogP contribution in [0.1, 0.15) is 51.9 Å². The molecule has 0 aromatic rings. The van der Waals surface area contributed by atoms with Gasteiger partial charge in [-0.3, -0.25) is 9.59 Å². The number of nitrogens with one attached hydrogen (secondary N) is 1. The van der Waals surface area contributed by atoms with E-state index in [2.05, 4.69) is 11.4 Å². The highest BCUT2D eigenvalue weighted by atomic mass is 32.2. The molecule has 0 bridgehead atoms. The Morgan fingerprint density at radius 3 is 2.76 bits per heavy atom. The van der Waals surface area contributed by atoms with Gasteiger partial charge in [0, 0.05) is 12.2 Å². The maximum atomic E-state index is 12.6. The molecule has 21 heavy (non-hydrogen) atoms. The van der Waals surface area contributed by atoms with Crippen molar-refractivity contribution in [2.24, 2.45) is 0 Å². The molecule has 5 nitrogen and oxygen atoms in total. The number of rotatable bonds is 2. The average Bonchev–Trinajstić information content (AvgIpc) is 2.97. The molecule has 3 fully saturated rings. The van der Waals surface area contributed by atoms with Crippen molar-refractivity contribution in [1.29, 1.82) is 5.26 Å². The Balaban J connectivity index is 1.74. The number of carbonyl (C=O) groups excluding carboxylic acids is 2. The van der Waals surface area contributed by atoms with Crippen LogP contribution in [0.5, 0.6) is 0 Å². The molecule has 0 aromatic carbocycles. The topological polar surface area (TPSA) is 73.2 Å². The van der Waals surface area contributed by atoms with Crippen LogP contribution in [0.3, 0.4) is 0 Å². The van der Waals surface area contributed by atoms with Crippen molar-refractivity contribution in [1.82, 2.24) is 10.2 Å². The van der Waals surface area contributed by atoms with Crippen LogP contribution in [0.15, 0.2) is 0 Å². The second-order valence-electron chi connectivity index (χ2n) is 6.51. The molecular weight excluding hydrogens is 286 g/mol. The zero-order chi connectivity index (χ0) is 15.1. The molecule has 114 valence electrons. The van der Waals surface area contributed by atoms with Crippen LogP contribution in [-0.2, 0) is 9.59 Å². The van der Waals surface area contributed by atoms with Gasteiger partial charge in [-0.1, -0.05) is 19.3 Å². The SMILES string of the molecule is C[C@@]12CCC(=O)N1[C@@H](C(=O)NC1(C#N)CCCCC1)CS2. The van der Waals surface area contributed by atoms with E-state index in [4.69, 9.17) is 0 Å². The van der Waals surface area contributed by atoms with Gasteiger partial charge in [0.2, 0.25) is 11.8 Å². The Kier molecular flexibility index (Phi) is 3.64. The zero-order valence-electron chi connectivity index (χ0n) is 12.4. The fourth-order valence-electron chi connectivity index (χ4n) is 3.75. The predicted octanol–water partition coefficient (Wildman–Crippen LogP) is 1.78. The summed E-state index contributed by atoms with van der Waals surface area (Å²) in [5.74, 6) is 0.553. The first-order chi connectivity index (χ1) is 10.00. The number of hydrogen-bond donors (Lipinski definition) is 1. The number of fused-ring (bicyclic) bond motifs is 1. The van der Waals surface area contributed by atoms with Gasteiger partial charge in [-0.25, -0.2) is 0 Å². The maximum Gasteiger partial charge on any atom is 0.244 e. The number of nitrogens with zero attached hydrogens (tertiary/aromatic N) is 2. The fourth-order valence-corrected chi connectivity index (χ4v) is 5.19. The van der Waals surface area contributed by atoms with Gasteiger partial charge < -0.3 is 10.2 Å². The fraction of sp³-hybridized carbons (Fsp3) is 0.800. The lowest BCUT2D eigenvalue weighted by molar-refractivity contribution is -0.138. The zero-order valence-corrected chi connectivity index (χ0v) is 13.2. The van der Waals surface area contributed by atoms with E-state index in [1.807, 2.05) is 6.92 Å². The first-order valence-electron chi connectivity index (χ1n) is 7.69. The van der Waals surface area contributed by atoms with Crippen molar-refractivity contribution in [3.63, 3.8) is 0 Å². The van der Waals surface area contributed by atoms with E-state index in [-0.39, 0.29) is 16.7 Å². The minimum atomic E-state index is -0.720. The van der Waals surface area contributed by atoms with Crippen LogP contribution in [-0.4, -0.2) is 38.9 Å². The van der Waals surface area contributed by atoms with Crippen molar-refractivity contribution < 1.29 is 9.59 Å². The number of carbonyl (C=O) groups is 2. The Labute approximate surface area is 129 Å². The summed E-state index contributed by atoms with van der Waals surface area (Å²) in [7, 11) is 0. The van der Waals surface area contributed by atoms with E-state index in [0.29, 0.717) is 12.2 Å². The highest BCUT2D eigenvalue weighted by molar-refractivity contribution is 8.01. The van der Waals surface area contributed by atoms with Crippen LogP contribution in [0.4, 0.5) is 0 Å². The number of nitriles is 1. The van der Waals surface area contributed by atoms with Crippen molar-refractivity contribution in [3.05, 3.63) is 0 Å². The van der Waals surface area contributed by atoms with Crippen molar-refractivity contribution in [2.75, 3.05) is 5.75 Å². The van der Waals surface area contributed by atoms with Gasteiger partial charge in [0.15, 0.2) is 0 Å². The molecule has 0 radical (unpaired) electrons. The summed E-state index contributed by atoms with van der Waals surface area (Å²) in [4.78, 5) is 26.2. The highest BCUT2D eigenvalue weighted by Crippen LogP contribution is 2.47. The van der Waals surface area contributed by atoms with E-state index in [1.54, 1.807) is 16.7 Å². The molecule has 2 saturated heterocycles. The molecule has 6 heteroatoms. The van der Waals surface area contributed by atoms with Gasteiger partial charge in [-0.15, -0.1) is 11.8 Å². The van der Waals surface area contributed by atoms with Crippen molar-refractivity contribution in [3.8, 4) is 6.07 Å². The summed E-state index contributed by atoms with van der Waals surface area (Å²) in [6, 6.07) is 1.90. The third-order valence-electron chi connectivity index (χ3n) is 5.03. The molecule has 2 heterocycles. The molecule has 1 saturated carbocycles. The minimum absolute atomic E-state index is 0.0669.